The predicted molar refractivity (Wildman–Crippen MR) is 89.4 cm³/mol. The lowest BCUT2D eigenvalue weighted by molar-refractivity contribution is 0.112. The Balaban J connectivity index is 2.37. The Bertz CT molecular complexity index is 412. The van der Waals surface area contributed by atoms with E-state index in [1.54, 1.807) is 13.2 Å². The SMILES string of the molecule is CCCCCCCCC[C@@H](C)c1cc(C=O)cc(OC)c1. The lowest BCUT2D eigenvalue weighted by Gasteiger charge is -2.14. The standard InChI is InChI=1S/C19H30O2/c1-4-5-6-7-8-9-10-11-16(2)18-12-17(15-20)13-19(14-18)21-3/h12-16H,4-11H2,1-3H3/t16-/m1/s1. The molecule has 0 N–H and O–H groups in total. The summed E-state index contributed by atoms with van der Waals surface area (Å²) >= 11 is 0. The number of unbranched alkanes of at least 4 members (excludes halogenated alkanes) is 6. The number of carbonyl (C=O) groups excluding carboxylic acids is 1. The fourth-order valence-corrected chi connectivity index (χ4v) is 2.69. The van der Waals surface area contributed by atoms with Crippen molar-refractivity contribution in [2.75, 3.05) is 7.11 Å². The van der Waals surface area contributed by atoms with Crippen molar-refractivity contribution in [3.05, 3.63) is 29.3 Å². The lowest BCUT2D eigenvalue weighted by atomic mass is 9.93. The fourth-order valence-electron chi connectivity index (χ4n) is 2.69. The molecule has 2 heteroatoms. The molecule has 0 fully saturated rings. The van der Waals surface area contributed by atoms with Crippen molar-refractivity contribution in [2.24, 2.45) is 0 Å². The van der Waals surface area contributed by atoms with Gasteiger partial charge in [-0.1, -0.05) is 58.8 Å². The Kier molecular flexibility index (Phi) is 8.80. The molecule has 1 rings (SSSR count). The quantitative estimate of drug-likeness (QED) is 0.383. The van der Waals surface area contributed by atoms with E-state index in [-0.39, 0.29) is 0 Å². The summed E-state index contributed by atoms with van der Waals surface area (Å²) in [7, 11) is 1.65. The second kappa shape index (κ2) is 10.4. The van der Waals surface area contributed by atoms with Crippen LogP contribution in [0, 0.1) is 0 Å². The molecule has 0 aliphatic heterocycles. The van der Waals surface area contributed by atoms with Gasteiger partial charge in [-0.2, -0.15) is 0 Å². The highest BCUT2D eigenvalue weighted by atomic mass is 16.5. The van der Waals surface area contributed by atoms with Gasteiger partial charge in [-0.05, 0) is 36.1 Å². The van der Waals surface area contributed by atoms with E-state index < -0.39 is 0 Å². The van der Waals surface area contributed by atoms with Gasteiger partial charge in [-0.15, -0.1) is 0 Å². The summed E-state index contributed by atoms with van der Waals surface area (Å²) in [5.74, 6) is 1.26. The van der Waals surface area contributed by atoms with Crippen molar-refractivity contribution in [3.63, 3.8) is 0 Å². The van der Waals surface area contributed by atoms with E-state index in [4.69, 9.17) is 4.74 Å². The third-order valence-corrected chi connectivity index (χ3v) is 4.13. The lowest BCUT2D eigenvalue weighted by Crippen LogP contribution is -1.97. The van der Waals surface area contributed by atoms with Gasteiger partial charge in [0.2, 0.25) is 0 Å². The van der Waals surface area contributed by atoms with E-state index in [9.17, 15) is 4.79 Å². The van der Waals surface area contributed by atoms with Gasteiger partial charge in [0.1, 0.15) is 12.0 Å². The zero-order valence-corrected chi connectivity index (χ0v) is 13.9. The zero-order valence-electron chi connectivity index (χ0n) is 13.9. The van der Waals surface area contributed by atoms with Gasteiger partial charge in [0, 0.05) is 5.56 Å². The van der Waals surface area contributed by atoms with Crippen LogP contribution in [0.3, 0.4) is 0 Å². The Labute approximate surface area is 129 Å². The topological polar surface area (TPSA) is 26.3 Å². The zero-order chi connectivity index (χ0) is 15.5. The average molecular weight is 290 g/mol. The first-order valence-electron chi connectivity index (χ1n) is 8.35. The predicted octanol–water partition coefficient (Wildman–Crippen LogP) is 5.75. The van der Waals surface area contributed by atoms with E-state index in [0.717, 1.165) is 12.0 Å². The highest BCUT2D eigenvalue weighted by molar-refractivity contribution is 5.76. The van der Waals surface area contributed by atoms with Gasteiger partial charge in [-0.3, -0.25) is 4.79 Å². The molecule has 0 radical (unpaired) electrons. The normalized spacial score (nSPS) is 12.1. The summed E-state index contributed by atoms with van der Waals surface area (Å²) in [6, 6.07) is 5.83. The number of hydrogen-bond acceptors (Lipinski definition) is 2. The van der Waals surface area contributed by atoms with E-state index in [1.807, 2.05) is 6.07 Å². The maximum atomic E-state index is 11.0. The maximum Gasteiger partial charge on any atom is 0.150 e. The number of ether oxygens (including phenoxy) is 1. The van der Waals surface area contributed by atoms with Gasteiger partial charge in [-0.25, -0.2) is 0 Å². The molecule has 0 unspecified atom stereocenters. The summed E-state index contributed by atoms with van der Waals surface area (Å²) in [6.45, 7) is 4.49. The van der Waals surface area contributed by atoms with Crippen molar-refractivity contribution in [3.8, 4) is 5.75 Å². The van der Waals surface area contributed by atoms with Crippen molar-refractivity contribution in [1.29, 1.82) is 0 Å². The summed E-state index contributed by atoms with van der Waals surface area (Å²) in [5, 5.41) is 0. The van der Waals surface area contributed by atoms with Crippen LogP contribution in [0.5, 0.6) is 5.75 Å². The molecule has 0 saturated carbocycles. The summed E-state index contributed by atoms with van der Waals surface area (Å²) in [5.41, 5.74) is 1.91. The van der Waals surface area contributed by atoms with E-state index in [0.29, 0.717) is 11.5 Å². The molecule has 0 bridgehead atoms. The number of carbonyl (C=O) groups is 1. The van der Waals surface area contributed by atoms with Gasteiger partial charge >= 0.3 is 0 Å². The molecule has 1 aromatic carbocycles. The van der Waals surface area contributed by atoms with Crippen molar-refractivity contribution in [2.45, 2.75) is 71.1 Å². The monoisotopic (exact) mass is 290 g/mol. The minimum absolute atomic E-state index is 0.481. The number of methoxy groups -OCH3 is 1. The molecule has 1 atom stereocenters. The van der Waals surface area contributed by atoms with Crippen LogP contribution >= 0.6 is 0 Å². The van der Waals surface area contributed by atoms with Gasteiger partial charge < -0.3 is 4.74 Å². The Morgan fingerprint density at radius 2 is 1.71 bits per heavy atom. The molecular weight excluding hydrogens is 260 g/mol. The van der Waals surface area contributed by atoms with Crippen LogP contribution in [0.4, 0.5) is 0 Å². The van der Waals surface area contributed by atoms with Crippen LogP contribution in [-0.4, -0.2) is 13.4 Å². The fraction of sp³-hybridized carbons (Fsp3) is 0.632. The van der Waals surface area contributed by atoms with Crippen LogP contribution < -0.4 is 4.74 Å². The minimum Gasteiger partial charge on any atom is -0.497 e. The van der Waals surface area contributed by atoms with Crippen molar-refractivity contribution in [1.82, 2.24) is 0 Å². The molecule has 0 heterocycles. The Hall–Kier alpha value is -1.31. The maximum absolute atomic E-state index is 11.0. The number of aldehydes is 1. The molecule has 0 amide bonds. The second-order valence-corrected chi connectivity index (χ2v) is 5.97. The summed E-state index contributed by atoms with van der Waals surface area (Å²) in [6.07, 6.45) is 11.4. The Morgan fingerprint density at radius 3 is 2.33 bits per heavy atom. The van der Waals surface area contributed by atoms with Gasteiger partial charge in [0.05, 0.1) is 7.11 Å². The smallest absolute Gasteiger partial charge is 0.150 e. The average Bonchev–Trinajstić information content (AvgIpc) is 2.53. The number of benzene rings is 1. The van der Waals surface area contributed by atoms with Gasteiger partial charge in [0.25, 0.3) is 0 Å². The van der Waals surface area contributed by atoms with Crippen LogP contribution in [0.2, 0.25) is 0 Å². The largest absolute Gasteiger partial charge is 0.497 e. The van der Waals surface area contributed by atoms with Crippen molar-refractivity contribution >= 4 is 6.29 Å². The molecule has 0 spiro atoms. The van der Waals surface area contributed by atoms with Crippen molar-refractivity contribution < 1.29 is 9.53 Å². The first kappa shape index (κ1) is 17.7. The van der Waals surface area contributed by atoms with Gasteiger partial charge in [0.15, 0.2) is 0 Å². The third kappa shape index (κ3) is 6.79. The van der Waals surface area contributed by atoms with Crippen LogP contribution in [0.1, 0.15) is 87.1 Å². The highest BCUT2D eigenvalue weighted by Gasteiger charge is 2.08. The molecule has 0 aliphatic rings. The molecule has 0 saturated heterocycles. The summed E-state index contributed by atoms with van der Waals surface area (Å²) < 4.78 is 5.27. The molecule has 2 nitrogen and oxygen atoms in total. The first-order valence-corrected chi connectivity index (χ1v) is 8.35. The first-order chi connectivity index (χ1) is 10.2. The molecule has 118 valence electrons. The van der Waals surface area contributed by atoms with Crippen LogP contribution in [-0.2, 0) is 0 Å². The van der Waals surface area contributed by atoms with E-state index in [2.05, 4.69) is 19.9 Å². The minimum atomic E-state index is 0.481. The number of rotatable bonds is 11. The summed E-state index contributed by atoms with van der Waals surface area (Å²) in [4.78, 5) is 11.0. The Morgan fingerprint density at radius 1 is 1.05 bits per heavy atom. The van der Waals surface area contributed by atoms with Crippen LogP contribution in [0.15, 0.2) is 18.2 Å². The number of hydrogen-bond donors (Lipinski definition) is 0. The third-order valence-electron chi connectivity index (χ3n) is 4.13. The molecule has 0 aromatic heterocycles. The molecule has 21 heavy (non-hydrogen) atoms. The van der Waals surface area contributed by atoms with E-state index >= 15 is 0 Å². The molecule has 0 aliphatic carbocycles. The van der Waals surface area contributed by atoms with Crippen LogP contribution in [0.25, 0.3) is 0 Å². The molecular formula is C19H30O2. The highest BCUT2D eigenvalue weighted by Crippen LogP contribution is 2.26. The van der Waals surface area contributed by atoms with E-state index in [1.165, 1.54) is 56.9 Å². The molecule has 1 aromatic rings. The second-order valence-electron chi connectivity index (χ2n) is 5.97.